The van der Waals surface area contributed by atoms with E-state index in [0.717, 1.165) is 11.4 Å². The zero-order chi connectivity index (χ0) is 14.2. The van der Waals surface area contributed by atoms with E-state index in [4.69, 9.17) is 0 Å². The van der Waals surface area contributed by atoms with Crippen molar-refractivity contribution in [3.63, 3.8) is 0 Å². The van der Waals surface area contributed by atoms with Crippen LogP contribution in [0.3, 0.4) is 0 Å². The molecule has 0 bridgehead atoms. The molecule has 1 aromatic heterocycles. The fourth-order valence-electron chi connectivity index (χ4n) is 2.08. The zero-order valence-electron chi connectivity index (χ0n) is 11.5. The van der Waals surface area contributed by atoms with Crippen molar-refractivity contribution in [2.45, 2.75) is 38.6 Å². The van der Waals surface area contributed by atoms with Gasteiger partial charge in [0, 0.05) is 5.54 Å². The summed E-state index contributed by atoms with van der Waals surface area (Å²) in [7, 11) is 0. The van der Waals surface area contributed by atoms with E-state index in [9.17, 15) is 4.39 Å². The van der Waals surface area contributed by atoms with Crippen LogP contribution in [0.15, 0.2) is 18.2 Å². The first kappa shape index (κ1) is 14.2. The minimum absolute atomic E-state index is 0.209. The van der Waals surface area contributed by atoms with Crippen molar-refractivity contribution in [1.29, 1.82) is 0 Å². The van der Waals surface area contributed by atoms with Crippen LogP contribution in [-0.2, 0) is 10.9 Å². The Morgan fingerprint density at radius 1 is 1.26 bits per heavy atom. The Morgan fingerprint density at radius 3 is 2.47 bits per heavy atom. The lowest BCUT2D eigenvalue weighted by molar-refractivity contribution is 0.390. The molecule has 0 N–H and O–H groups in total. The lowest BCUT2D eigenvalue weighted by atomic mass is 10.1. The molecule has 2 rings (SSSR count). The second-order valence-corrected chi connectivity index (χ2v) is 6.12. The molecule has 0 amide bonds. The van der Waals surface area contributed by atoms with Gasteiger partial charge in [-0.1, -0.05) is 22.0 Å². The van der Waals surface area contributed by atoms with E-state index in [1.807, 2.05) is 17.6 Å². The number of nitrogens with zero attached hydrogens (tertiary/aromatic N) is 3. The normalized spacial score (nSPS) is 11.9. The SMILES string of the molecule is Cc1ccc(-c2nnc(CBr)n2C(C)(C)C)c(F)c1. The maximum Gasteiger partial charge on any atom is 0.167 e. The van der Waals surface area contributed by atoms with Crippen molar-refractivity contribution in [2.24, 2.45) is 0 Å². The fraction of sp³-hybridized carbons (Fsp3) is 0.429. The molecule has 0 aliphatic carbocycles. The summed E-state index contributed by atoms with van der Waals surface area (Å²) in [4.78, 5) is 0. The Kier molecular flexibility index (Phi) is 3.76. The number of aromatic nitrogens is 3. The molecule has 2 aromatic rings. The summed E-state index contributed by atoms with van der Waals surface area (Å²) in [6.45, 7) is 8.03. The molecule has 19 heavy (non-hydrogen) atoms. The van der Waals surface area contributed by atoms with E-state index >= 15 is 0 Å². The third-order valence-electron chi connectivity index (χ3n) is 2.89. The molecular formula is C14H17BrFN3. The number of hydrogen-bond acceptors (Lipinski definition) is 2. The number of hydrogen-bond donors (Lipinski definition) is 0. The van der Waals surface area contributed by atoms with Crippen LogP contribution >= 0.6 is 15.9 Å². The Labute approximate surface area is 121 Å². The van der Waals surface area contributed by atoms with Gasteiger partial charge in [-0.05, 0) is 45.4 Å². The Morgan fingerprint density at radius 2 is 1.95 bits per heavy atom. The molecule has 3 nitrogen and oxygen atoms in total. The third kappa shape index (κ3) is 2.71. The molecule has 0 saturated heterocycles. The first-order valence-electron chi connectivity index (χ1n) is 6.12. The highest BCUT2D eigenvalue weighted by atomic mass is 79.9. The van der Waals surface area contributed by atoms with Gasteiger partial charge in [-0.3, -0.25) is 0 Å². The molecule has 0 spiro atoms. The topological polar surface area (TPSA) is 30.7 Å². The van der Waals surface area contributed by atoms with Gasteiger partial charge in [0.05, 0.1) is 10.9 Å². The maximum atomic E-state index is 14.1. The molecule has 0 unspecified atom stereocenters. The van der Waals surface area contributed by atoms with Crippen LogP contribution in [0, 0.1) is 12.7 Å². The van der Waals surface area contributed by atoms with E-state index < -0.39 is 0 Å². The lowest BCUT2D eigenvalue weighted by Crippen LogP contribution is -2.25. The summed E-state index contributed by atoms with van der Waals surface area (Å²) >= 11 is 3.40. The highest BCUT2D eigenvalue weighted by molar-refractivity contribution is 9.08. The van der Waals surface area contributed by atoms with Gasteiger partial charge in [0.2, 0.25) is 0 Å². The van der Waals surface area contributed by atoms with Crippen molar-refractivity contribution in [3.8, 4) is 11.4 Å². The second kappa shape index (κ2) is 5.04. The van der Waals surface area contributed by atoms with Crippen LogP contribution in [-0.4, -0.2) is 14.8 Å². The van der Waals surface area contributed by atoms with Crippen LogP contribution in [0.2, 0.25) is 0 Å². The molecule has 1 aromatic carbocycles. The molecule has 5 heteroatoms. The highest BCUT2D eigenvalue weighted by Gasteiger charge is 2.24. The monoisotopic (exact) mass is 325 g/mol. The van der Waals surface area contributed by atoms with Gasteiger partial charge in [-0.15, -0.1) is 10.2 Å². The van der Waals surface area contributed by atoms with E-state index in [1.165, 1.54) is 6.07 Å². The quantitative estimate of drug-likeness (QED) is 0.780. The van der Waals surface area contributed by atoms with Crippen molar-refractivity contribution >= 4 is 15.9 Å². The molecule has 0 radical (unpaired) electrons. The van der Waals surface area contributed by atoms with Gasteiger partial charge in [0.1, 0.15) is 11.6 Å². The standard InChI is InChI=1S/C14H17BrFN3/c1-9-5-6-10(11(16)7-9)13-18-17-12(8-15)19(13)14(2,3)4/h5-7H,8H2,1-4H3. The smallest absolute Gasteiger partial charge is 0.167 e. The summed E-state index contributed by atoms with van der Waals surface area (Å²) < 4.78 is 16.1. The van der Waals surface area contributed by atoms with E-state index in [1.54, 1.807) is 6.07 Å². The summed E-state index contributed by atoms with van der Waals surface area (Å²) in [5, 5.41) is 8.89. The van der Waals surface area contributed by atoms with E-state index in [2.05, 4.69) is 46.9 Å². The Hall–Kier alpha value is -1.23. The van der Waals surface area contributed by atoms with Crippen molar-refractivity contribution in [2.75, 3.05) is 0 Å². The van der Waals surface area contributed by atoms with Gasteiger partial charge in [-0.25, -0.2) is 4.39 Å². The number of alkyl halides is 1. The molecule has 0 atom stereocenters. The fourth-order valence-corrected chi connectivity index (χ4v) is 2.45. The van der Waals surface area contributed by atoms with Crippen molar-refractivity contribution in [3.05, 3.63) is 35.4 Å². The molecule has 0 fully saturated rings. The van der Waals surface area contributed by atoms with E-state index in [0.29, 0.717) is 16.7 Å². The molecule has 1 heterocycles. The molecule has 102 valence electrons. The first-order valence-corrected chi connectivity index (χ1v) is 7.24. The van der Waals surface area contributed by atoms with Gasteiger partial charge < -0.3 is 4.57 Å². The van der Waals surface area contributed by atoms with E-state index in [-0.39, 0.29) is 11.4 Å². The van der Waals surface area contributed by atoms with Gasteiger partial charge in [0.25, 0.3) is 0 Å². The lowest BCUT2D eigenvalue weighted by Gasteiger charge is -2.24. The number of rotatable bonds is 2. The third-order valence-corrected chi connectivity index (χ3v) is 3.39. The molecule has 0 saturated carbocycles. The average Bonchev–Trinajstić information content (AvgIpc) is 2.72. The van der Waals surface area contributed by atoms with Crippen LogP contribution in [0.1, 0.15) is 32.2 Å². The summed E-state index contributed by atoms with van der Waals surface area (Å²) in [6, 6.07) is 5.16. The van der Waals surface area contributed by atoms with Crippen LogP contribution in [0.25, 0.3) is 11.4 Å². The molecule has 0 aliphatic rings. The summed E-state index contributed by atoms with van der Waals surface area (Å²) in [5.74, 6) is 1.10. The minimum atomic E-state index is -0.265. The number of aryl methyl sites for hydroxylation is 1. The second-order valence-electron chi connectivity index (χ2n) is 5.56. The average molecular weight is 326 g/mol. The highest BCUT2D eigenvalue weighted by Crippen LogP contribution is 2.28. The van der Waals surface area contributed by atoms with Gasteiger partial charge in [-0.2, -0.15) is 0 Å². The molecule has 0 aliphatic heterocycles. The van der Waals surface area contributed by atoms with Crippen LogP contribution in [0.5, 0.6) is 0 Å². The van der Waals surface area contributed by atoms with Gasteiger partial charge >= 0.3 is 0 Å². The number of halogens is 2. The van der Waals surface area contributed by atoms with Gasteiger partial charge in [0.15, 0.2) is 5.82 Å². The predicted octanol–water partition coefficient (Wildman–Crippen LogP) is 4.04. The Balaban J connectivity index is 2.66. The predicted molar refractivity (Wildman–Crippen MR) is 77.8 cm³/mol. The summed E-state index contributed by atoms with van der Waals surface area (Å²) in [6.07, 6.45) is 0. The Bertz CT molecular complexity index is 599. The first-order chi connectivity index (χ1) is 8.84. The van der Waals surface area contributed by atoms with Crippen molar-refractivity contribution in [1.82, 2.24) is 14.8 Å². The molecular weight excluding hydrogens is 309 g/mol. The van der Waals surface area contributed by atoms with Crippen LogP contribution in [0.4, 0.5) is 4.39 Å². The zero-order valence-corrected chi connectivity index (χ0v) is 13.1. The van der Waals surface area contributed by atoms with Crippen LogP contribution < -0.4 is 0 Å². The summed E-state index contributed by atoms with van der Waals surface area (Å²) in [5.41, 5.74) is 1.17. The van der Waals surface area contributed by atoms with Crippen molar-refractivity contribution < 1.29 is 4.39 Å². The largest absolute Gasteiger partial charge is 0.305 e. The number of benzene rings is 1. The maximum absolute atomic E-state index is 14.1. The minimum Gasteiger partial charge on any atom is -0.305 e.